The average Bonchev–Trinajstić information content (AvgIpc) is 2.73. The molecule has 1 aliphatic rings. The van der Waals surface area contributed by atoms with Gasteiger partial charge < -0.3 is 16.0 Å². The SMILES string of the molecule is O=C(CNc1ccc(C(=O)NC2CCCCC2)cc1)Nc1cccc(C(F)(F)F)c1. The zero-order valence-corrected chi connectivity index (χ0v) is 16.4. The van der Waals surface area contributed by atoms with Gasteiger partial charge in [-0.2, -0.15) is 13.2 Å². The normalized spacial score (nSPS) is 14.8. The Kier molecular flexibility index (Phi) is 6.97. The Bertz CT molecular complexity index is 876. The Morgan fingerprint density at radius 2 is 1.63 bits per heavy atom. The molecule has 0 radical (unpaired) electrons. The predicted molar refractivity (Wildman–Crippen MR) is 109 cm³/mol. The summed E-state index contributed by atoms with van der Waals surface area (Å²) in [4.78, 5) is 24.3. The Hall–Kier alpha value is -3.03. The summed E-state index contributed by atoms with van der Waals surface area (Å²) in [5.74, 6) is -0.593. The van der Waals surface area contributed by atoms with Crippen molar-refractivity contribution in [3.8, 4) is 0 Å². The van der Waals surface area contributed by atoms with E-state index in [1.54, 1.807) is 24.3 Å². The van der Waals surface area contributed by atoms with Gasteiger partial charge in [0.15, 0.2) is 0 Å². The average molecular weight is 419 g/mol. The molecule has 0 heterocycles. The molecule has 3 rings (SSSR count). The second-order valence-corrected chi connectivity index (χ2v) is 7.37. The number of benzene rings is 2. The maximum absolute atomic E-state index is 12.7. The number of anilines is 2. The van der Waals surface area contributed by atoms with Crippen LogP contribution in [0, 0.1) is 0 Å². The lowest BCUT2D eigenvalue weighted by Crippen LogP contribution is -2.36. The van der Waals surface area contributed by atoms with E-state index in [1.807, 2.05) is 0 Å². The lowest BCUT2D eigenvalue weighted by molar-refractivity contribution is -0.137. The van der Waals surface area contributed by atoms with Gasteiger partial charge in [-0.15, -0.1) is 0 Å². The first-order valence-electron chi connectivity index (χ1n) is 9.93. The number of halogens is 3. The molecule has 3 N–H and O–H groups in total. The lowest BCUT2D eigenvalue weighted by Gasteiger charge is -2.22. The first kappa shape index (κ1) is 21.7. The van der Waals surface area contributed by atoms with Gasteiger partial charge in [0, 0.05) is 23.0 Å². The summed E-state index contributed by atoms with van der Waals surface area (Å²) in [6, 6.07) is 11.4. The van der Waals surface area contributed by atoms with Crippen LogP contribution in [0.3, 0.4) is 0 Å². The maximum Gasteiger partial charge on any atom is 0.416 e. The molecule has 1 saturated carbocycles. The van der Waals surface area contributed by atoms with Crippen molar-refractivity contribution in [2.75, 3.05) is 17.2 Å². The van der Waals surface area contributed by atoms with Crippen LogP contribution < -0.4 is 16.0 Å². The second kappa shape index (κ2) is 9.65. The second-order valence-electron chi connectivity index (χ2n) is 7.37. The third kappa shape index (κ3) is 6.23. The highest BCUT2D eigenvalue weighted by Gasteiger charge is 2.30. The standard InChI is InChI=1S/C22H24F3N3O2/c23-22(24,25)16-5-4-8-19(13-16)27-20(29)14-26-17-11-9-15(10-12-17)21(30)28-18-6-2-1-3-7-18/h4-5,8-13,18,26H,1-3,6-7,14H2,(H,27,29)(H,28,30). The number of hydrogen-bond donors (Lipinski definition) is 3. The predicted octanol–water partition coefficient (Wildman–Crippen LogP) is 4.82. The molecular weight excluding hydrogens is 395 g/mol. The number of nitrogens with one attached hydrogen (secondary N) is 3. The van der Waals surface area contributed by atoms with Crippen LogP contribution in [0.25, 0.3) is 0 Å². The minimum atomic E-state index is -4.47. The monoisotopic (exact) mass is 419 g/mol. The van der Waals surface area contributed by atoms with Crippen LogP contribution in [0.1, 0.15) is 48.0 Å². The zero-order chi connectivity index (χ0) is 21.6. The van der Waals surface area contributed by atoms with Crippen molar-refractivity contribution >= 4 is 23.2 Å². The third-order valence-electron chi connectivity index (χ3n) is 5.01. The molecule has 0 bridgehead atoms. The minimum Gasteiger partial charge on any atom is -0.376 e. The van der Waals surface area contributed by atoms with Crippen LogP contribution in [0.15, 0.2) is 48.5 Å². The number of amides is 2. The Labute approximate surface area is 173 Å². The molecule has 30 heavy (non-hydrogen) atoms. The van der Waals surface area contributed by atoms with Crippen LogP contribution in [0.2, 0.25) is 0 Å². The van der Waals surface area contributed by atoms with E-state index in [1.165, 1.54) is 18.6 Å². The summed E-state index contributed by atoms with van der Waals surface area (Å²) < 4.78 is 38.2. The van der Waals surface area contributed by atoms with E-state index in [9.17, 15) is 22.8 Å². The molecule has 0 atom stereocenters. The molecule has 2 aromatic carbocycles. The molecule has 0 spiro atoms. The largest absolute Gasteiger partial charge is 0.416 e. The number of alkyl halides is 3. The maximum atomic E-state index is 12.7. The van der Waals surface area contributed by atoms with E-state index < -0.39 is 17.6 Å². The highest BCUT2D eigenvalue weighted by atomic mass is 19.4. The van der Waals surface area contributed by atoms with E-state index in [0.29, 0.717) is 11.3 Å². The van der Waals surface area contributed by atoms with Gasteiger partial charge in [-0.1, -0.05) is 25.3 Å². The summed E-state index contributed by atoms with van der Waals surface area (Å²) in [7, 11) is 0. The molecular formula is C22H24F3N3O2. The van der Waals surface area contributed by atoms with Gasteiger partial charge in [-0.25, -0.2) is 0 Å². The van der Waals surface area contributed by atoms with Crippen molar-refractivity contribution in [3.05, 3.63) is 59.7 Å². The highest BCUT2D eigenvalue weighted by molar-refractivity contribution is 5.95. The van der Waals surface area contributed by atoms with Gasteiger partial charge in [-0.05, 0) is 55.3 Å². The summed E-state index contributed by atoms with van der Waals surface area (Å²) in [6.07, 6.45) is 1.03. The molecule has 160 valence electrons. The summed E-state index contributed by atoms with van der Waals surface area (Å²) in [5.41, 5.74) is 0.421. The van der Waals surface area contributed by atoms with Crippen LogP contribution >= 0.6 is 0 Å². The molecule has 2 amide bonds. The minimum absolute atomic E-state index is 0.0753. The van der Waals surface area contributed by atoms with Crippen LogP contribution in [-0.4, -0.2) is 24.4 Å². The Morgan fingerprint density at radius 3 is 2.30 bits per heavy atom. The smallest absolute Gasteiger partial charge is 0.376 e. The molecule has 0 saturated heterocycles. The molecule has 2 aromatic rings. The number of carbonyl (C=O) groups excluding carboxylic acids is 2. The fourth-order valence-electron chi connectivity index (χ4n) is 3.42. The number of rotatable bonds is 6. The van der Waals surface area contributed by atoms with E-state index in [0.717, 1.165) is 37.8 Å². The first-order valence-corrected chi connectivity index (χ1v) is 9.93. The van der Waals surface area contributed by atoms with Gasteiger partial charge in [0.2, 0.25) is 5.91 Å². The van der Waals surface area contributed by atoms with Gasteiger partial charge in [0.05, 0.1) is 12.1 Å². The highest BCUT2D eigenvalue weighted by Crippen LogP contribution is 2.30. The zero-order valence-electron chi connectivity index (χ0n) is 16.4. The summed E-state index contributed by atoms with van der Waals surface area (Å²) in [6.45, 7) is -0.121. The molecule has 0 aliphatic heterocycles. The van der Waals surface area contributed by atoms with Crippen LogP contribution in [0.4, 0.5) is 24.5 Å². The Morgan fingerprint density at radius 1 is 0.933 bits per heavy atom. The molecule has 1 aliphatic carbocycles. The van der Waals surface area contributed by atoms with Crippen LogP contribution in [-0.2, 0) is 11.0 Å². The fraction of sp³-hybridized carbons (Fsp3) is 0.364. The van der Waals surface area contributed by atoms with Crippen molar-refractivity contribution in [2.45, 2.75) is 44.3 Å². The molecule has 5 nitrogen and oxygen atoms in total. The van der Waals surface area contributed by atoms with Gasteiger partial charge in [0.1, 0.15) is 0 Å². The topological polar surface area (TPSA) is 70.2 Å². The molecule has 8 heteroatoms. The summed E-state index contributed by atoms with van der Waals surface area (Å²) >= 11 is 0. The fourth-order valence-corrected chi connectivity index (χ4v) is 3.42. The third-order valence-corrected chi connectivity index (χ3v) is 5.01. The summed E-state index contributed by atoms with van der Waals surface area (Å²) in [5, 5.41) is 8.37. The van der Waals surface area contributed by atoms with Gasteiger partial charge in [0.25, 0.3) is 5.91 Å². The van der Waals surface area contributed by atoms with E-state index in [-0.39, 0.29) is 24.2 Å². The first-order chi connectivity index (χ1) is 14.3. The molecule has 1 fully saturated rings. The number of carbonyl (C=O) groups is 2. The van der Waals surface area contributed by atoms with E-state index in [2.05, 4.69) is 16.0 Å². The number of hydrogen-bond acceptors (Lipinski definition) is 3. The van der Waals surface area contributed by atoms with Gasteiger partial charge >= 0.3 is 6.18 Å². The van der Waals surface area contributed by atoms with E-state index in [4.69, 9.17) is 0 Å². The van der Waals surface area contributed by atoms with Crippen molar-refractivity contribution in [1.29, 1.82) is 0 Å². The van der Waals surface area contributed by atoms with Crippen LogP contribution in [0.5, 0.6) is 0 Å². The van der Waals surface area contributed by atoms with Gasteiger partial charge in [-0.3, -0.25) is 9.59 Å². The molecule has 0 unspecified atom stereocenters. The molecule has 0 aromatic heterocycles. The van der Waals surface area contributed by atoms with Crippen molar-refractivity contribution in [3.63, 3.8) is 0 Å². The quantitative estimate of drug-likeness (QED) is 0.629. The van der Waals surface area contributed by atoms with Crippen molar-refractivity contribution in [2.24, 2.45) is 0 Å². The Balaban J connectivity index is 1.48. The lowest BCUT2D eigenvalue weighted by atomic mass is 9.95. The van der Waals surface area contributed by atoms with E-state index >= 15 is 0 Å². The van der Waals surface area contributed by atoms with Crippen molar-refractivity contribution in [1.82, 2.24) is 5.32 Å². The van der Waals surface area contributed by atoms with Crippen molar-refractivity contribution < 1.29 is 22.8 Å².